The first-order chi connectivity index (χ1) is 15.0. The Morgan fingerprint density at radius 2 is 2.00 bits per heavy atom. The third-order valence-corrected chi connectivity index (χ3v) is 6.84. The lowest BCUT2D eigenvalue weighted by atomic mass is 9.88. The van der Waals surface area contributed by atoms with Crippen molar-refractivity contribution in [3.8, 4) is 6.07 Å². The minimum absolute atomic E-state index is 0.111. The van der Waals surface area contributed by atoms with E-state index in [9.17, 15) is 4.79 Å². The van der Waals surface area contributed by atoms with Crippen LogP contribution < -0.4 is 0 Å². The molecule has 31 heavy (non-hydrogen) atoms. The predicted octanol–water partition coefficient (Wildman–Crippen LogP) is 7.20. The van der Waals surface area contributed by atoms with Gasteiger partial charge in [0.05, 0.1) is 17.1 Å². The van der Waals surface area contributed by atoms with Gasteiger partial charge in [-0.25, -0.2) is 4.98 Å². The van der Waals surface area contributed by atoms with Crippen molar-refractivity contribution < 1.29 is 4.79 Å². The zero-order valence-corrected chi connectivity index (χ0v) is 19.9. The molecule has 0 aliphatic carbocycles. The van der Waals surface area contributed by atoms with Crippen LogP contribution >= 0.6 is 11.3 Å². The average Bonchev–Trinajstić information content (AvgIpc) is 3.36. The van der Waals surface area contributed by atoms with E-state index in [0.29, 0.717) is 30.4 Å². The lowest BCUT2D eigenvalue weighted by molar-refractivity contribution is 0.0957. The predicted molar refractivity (Wildman–Crippen MR) is 129 cm³/mol. The van der Waals surface area contributed by atoms with Crippen LogP contribution in [0.25, 0.3) is 11.0 Å². The van der Waals surface area contributed by atoms with E-state index in [2.05, 4.69) is 61.9 Å². The van der Waals surface area contributed by atoms with Gasteiger partial charge in [0.25, 0.3) is 0 Å². The summed E-state index contributed by atoms with van der Waals surface area (Å²) in [6, 6.07) is 12.8. The molecule has 0 fully saturated rings. The van der Waals surface area contributed by atoms with E-state index in [1.807, 2.05) is 12.1 Å². The second-order valence-corrected chi connectivity index (χ2v) is 9.85. The van der Waals surface area contributed by atoms with Crippen LogP contribution in [0.1, 0.15) is 86.9 Å². The third-order valence-electron chi connectivity index (χ3n) is 5.96. The number of thiophene rings is 1. The van der Waals surface area contributed by atoms with Crippen molar-refractivity contribution in [2.75, 3.05) is 0 Å². The summed E-state index contributed by atoms with van der Waals surface area (Å²) in [6.45, 7) is 8.72. The molecule has 0 spiro atoms. The van der Waals surface area contributed by atoms with Crippen LogP contribution in [0.4, 0.5) is 0 Å². The molecule has 2 aromatic heterocycles. The van der Waals surface area contributed by atoms with Crippen molar-refractivity contribution in [1.82, 2.24) is 9.55 Å². The molecule has 0 unspecified atom stereocenters. The van der Waals surface area contributed by atoms with Crippen molar-refractivity contribution in [2.45, 2.75) is 72.3 Å². The van der Waals surface area contributed by atoms with Gasteiger partial charge in [-0.2, -0.15) is 5.26 Å². The second-order valence-electron chi connectivity index (χ2n) is 8.81. The van der Waals surface area contributed by atoms with Crippen molar-refractivity contribution in [1.29, 1.82) is 5.26 Å². The van der Waals surface area contributed by atoms with Gasteiger partial charge in [0.15, 0.2) is 5.78 Å². The average molecular weight is 436 g/mol. The fourth-order valence-corrected chi connectivity index (χ4v) is 5.19. The summed E-state index contributed by atoms with van der Waals surface area (Å²) in [5.41, 5.74) is 2.70. The van der Waals surface area contributed by atoms with Crippen LogP contribution in [0.2, 0.25) is 0 Å². The topological polar surface area (TPSA) is 58.7 Å². The zero-order valence-electron chi connectivity index (χ0n) is 19.1. The number of aromatic nitrogens is 2. The maximum absolute atomic E-state index is 13.0. The molecule has 0 radical (unpaired) electrons. The van der Waals surface area contributed by atoms with Crippen LogP contribution in [0.15, 0.2) is 35.7 Å². The Balaban J connectivity index is 1.94. The molecule has 0 saturated carbocycles. The van der Waals surface area contributed by atoms with E-state index in [1.54, 1.807) is 11.3 Å². The fourth-order valence-electron chi connectivity index (χ4n) is 4.49. The monoisotopic (exact) mass is 435 g/mol. The highest BCUT2D eigenvalue weighted by Crippen LogP contribution is 2.29. The molecule has 2 heterocycles. The number of rotatable bonds is 11. The lowest BCUT2D eigenvalue weighted by Crippen LogP contribution is -2.12. The summed E-state index contributed by atoms with van der Waals surface area (Å²) in [4.78, 5) is 19.3. The third kappa shape index (κ3) is 5.62. The van der Waals surface area contributed by atoms with Crippen molar-refractivity contribution >= 4 is 28.2 Å². The first kappa shape index (κ1) is 23.2. The Morgan fingerprint density at radius 1 is 1.23 bits per heavy atom. The van der Waals surface area contributed by atoms with E-state index in [-0.39, 0.29) is 11.7 Å². The Morgan fingerprint density at radius 3 is 2.61 bits per heavy atom. The highest BCUT2D eigenvalue weighted by Gasteiger charge is 2.21. The molecular weight excluding hydrogens is 402 g/mol. The molecule has 0 amide bonds. The minimum Gasteiger partial charge on any atom is -0.325 e. The van der Waals surface area contributed by atoms with Crippen LogP contribution in [0.5, 0.6) is 0 Å². The number of benzene rings is 1. The largest absolute Gasteiger partial charge is 0.325 e. The Hall–Kier alpha value is -2.45. The molecule has 0 N–H and O–H groups in total. The summed E-state index contributed by atoms with van der Waals surface area (Å²) in [5, 5.41) is 11.2. The molecule has 0 bridgehead atoms. The number of ketones is 1. The molecular formula is C26H33N3OS. The zero-order chi connectivity index (χ0) is 22.4. The van der Waals surface area contributed by atoms with Gasteiger partial charge in [0.1, 0.15) is 5.82 Å². The quantitative estimate of drug-likeness (QED) is 0.299. The van der Waals surface area contributed by atoms with Gasteiger partial charge in [0.2, 0.25) is 0 Å². The van der Waals surface area contributed by atoms with E-state index >= 15 is 0 Å². The minimum atomic E-state index is 0.111. The van der Waals surface area contributed by atoms with Crippen molar-refractivity contribution in [2.24, 2.45) is 11.8 Å². The maximum atomic E-state index is 13.0. The number of hydrogen-bond acceptors (Lipinski definition) is 4. The maximum Gasteiger partial charge on any atom is 0.163 e. The summed E-state index contributed by atoms with van der Waals surface area (Å²) < 4.78 is 2.38. The van der Waals surface area contributed by atoms with Crippen LogP contribution in [-0.4, -0.2) is 15.3 Å². The molecule has 3 rings (SSSR count). The fraction of sp³-hybridized carbons (Fsp3) is 0.500. The first-order valence-electron chi connectivity index (χ1n) is 11.4. The number of nitriles is 1. The van der Waals surface area contributed by atoms with Crippen LogP contribution in [0, 0.1) is 23.2 Å². The summed E-state index contributed by atoms with van der Waals surface area (Å²) >= 11 is 1.75. The number of fused-ring (bicyclic) bond motifs is 1. The molecule has 1 aromatic carbocycles. The molecule has 5 heteroatoms. The van der Waals surface area contributed by atoms with Crippen molar-refractivity contribution in [3.63, 3.8) is 0 Å². The normalized spacial score (nSPS) is 12.5. The molecule has 164 valence electrons. The summed E-state index contributed by atoms with van der Waals surface area (Å²) in [6.07, 6.45) is 4.66. The number of nitrogens with zero attached hydrogens (tertiary/aromatic N) is 3. The highest BCUT2D eigenvalue weighted by molar-refractivity contribution is 7.09. The van der Waals surface area contributed by atoms with Gasteiger partial charge in [-0.1, -0.05) is 33.8 Å². The molecule has 4 nitrogen and oxygen atoms in total. The Kier molecular flexibility index (Phi) is 8.03. The summed E-state index contributed by atoms with van der Waals surface area (Å²) in [7, 11) is 0. The number of carbonyl (C=O) groups is 1. The van der Waals surface area contributed by atoms with Gasteiger partial charge in [0, 0.05) is 35.7 Å². The van der Waals surface area contributed by atoms with Gasteiger partial charge < -0.3 is 4.57 Å². The van der Waals surface area contributed by atoms with Gasteiger partial charge >= 0.3 is 0 Å². The van der Waals surface area contributed by atoms with Gasteiger partial charge in [-0.15, -0.1) is 11.3 Å². The number of imidazole rings is 1. The molecule has 0 aliphatic rings. The molecule has 3 aromatic rings. The first-order valence-corrected chi connectivity index (χ1v) is 12.3. The Bertz CT molecular complexity index is 1040. The van der Waals surface area contributed by atoms with E-state index in [0.717, 1.165) is 42.5 Å². The summed E-state index contributed by atoms with van der Waals surface area (Å²) in [5.74, 6) is 1.77. The van der Waals surface area contributed by atoms with E-state index < -0.39 is 0 Å². The van der Waals surface area contributed by atoms with Gasteiger partial charge in [-0.3, -0.25) is 4.79 Å². The van der Waals surface area contributed by atoms with E-state index in [1.165, 1.54) is 4.88 Å². The number of hydrogen-bond donors (Lipinski definition) is 0. The lowest BCUT2D eigenvalue weighted by Gasteiger charge is -2.19. The number of carbonyl (C=O) groups excluding carboxylic acids is 1. The SMILES string of the molecule is CCC(CC)n1c(Cc2cccs2)nc2cc(C(=O)C[C@H](CC#N)CC(C)C)ccc21. The standard InChI is InChI=1S/C26H33N3OS/c1-5-21(6-2)29-24-10-9-20(25(30)15-19(11-12-27)14-18(3)4)16-23(24)28-26(29)17-22-8-7-13-31-22/h7-10,13,16,18-19,21H,5-6,11,14-15,17H2,1-4H3/t19-/m1/s1. The second kappa shape index (κ2) is 10.7. The van der Waals surface area contributed by atoms with E-state index in [4.69, 9.17) is 10.2 Å². The van der Waals surface area contributed by atoms with Gasteiger partial charge in [-0.05, 0) is 60.7 Å². The Labute approximate surface area is 189 Å². The molecule has 1 atom stereocenters. The van der Waals surface area contributed by atoms with Crippen LogP contribution in [-0.2, 0) is 6.42 Å². The van der Waals surface area contributed by atoms with Crippen LogP contribution in [0.3, 0.4) is 0 Å². The smallest absolute Gasteiger partial charge is 0.163 e. The number of Topliss-reactive ketones (excluding diaryl/α,β-unsaturated/α-hetero) is 1. The van der Waals surface area contributed by atoms with Crippen molar-refractivity contribution in [3.05, 3.63) is 52.0 Å². The molecule has 0 saturated heterocycles. The molecule has 0 aliphatic heterocycles. The highest BCUT2D eigenvalue weighted by atomic mass is 32.1.